The van der Waals surface area contributed by atoms with Crippen molar-refractivity contribution in [2.75, 3.05) is 0 Å². The number of carboxylic acid groups (broad SMARTS) is 1. The fourth-order valence-electron chi connectivity index (χ4n) is 2.35. The zero-order valence-electron chi connectivity index (χ0n) is 11.2. The van der Waals surface area contributed by atoms with E-state index in [0.29, 0.717) is 11.1 Å². The Labute approximate surface area is 113 Å². The van der Waals surface area contributed by atoms with Gasteiger partial charge in [0.05, 0.1) is 11.1 Å². The van der Waals surface area contributed by atoms with Gasteiger partial charge in [-0.3, -0.25) is 4.79 Å². The molecule has 20 heavy (non-hydrogen) atoms. The summed E-state index contributed by atoms with van der Waals surface area (Å²) >= 11 is 0. The van der Waals surface area contributed by atoms with Crippen LogP contribution in [0.1, 0.15) is 25.1 Å². The number of hydrogen-bond acceptors (Lipinski definition) is 1. The lowest BCUT2D eigenvalue weighted by molar-refractivity contribution is -0.142. The summed E-state index contributed by atoms with van der Waals surface area (Å²) in [5, 5.41) is 9.62. The molecule has 0 aliphatic heterocycles. The normalized spacial score (nSPS) is 12.9. The zero-order valence-corrected chi connectivity index (χ0v) is 11.2. The molecular formula is C14H14F3NO2. The third-order valence-electron chi connectivity index (χ3n) is 3.54. The number of carboxylic acids is 1. The number of hydrogen-bond donors (Lipinski definition) is 1. The van der Waals surface area contributed by atoms with Gasteiger partial charge in [0.25, 0.3) is 0 Å². The van der Waals surface area contributed by atoms with Gasteiger partial charge in [0.1, 0.15) is 5.41 Å². The first-order valence-electron chi connectivity index (χ1n) is 5.96. The number of halogens is 3. The van der Waals surface area contributed by atoms with Crippen LogP contribution < -0.4 is 0 Å². The van der Waals surface area contributed by atoms with Crippen molar-refractivity contribution in [1.29, 1.82) is 0 Å². The fourth-order valence-corrected chi connectivity index (χ4v) is 2.35. The Morgan fingerprint density at radius 2 is 1.85 bits per heavy atom. The van der Waals surface area contributed by atoms with E-state index in [-0.39, 0.29) is 5.52 Å². The second-order valence-electron chi connectivity index (χ2n) is 5.26. The quantitative estimate of drug-likeness (QED) is 0.916. The van der Waals surface area contributed by atoms with Gasteiger partial charge in [-0.25, -0.2) is 0 Å². The molecule has 0 radical (unpaired) electrons. The van der Waals surface area contributed by atoms with Gasteiger partial charge in [0.2, 0.25) is 0 Å². The number of nitrogens with zero attached hydrogens (tertiary/aromatic N) is 1. The predicted octanol–water partition coefficient (Wildman–Crippen LogP) is 3.56. The van der Waals surface area contributed by atoms with E-state index in [1.807, 2.05) is 0 Å². The van der Waals surface area contributed by atoms with Gasteiger partial charge < -0.3 is 9.67 Å². The molecule has 0 saturated heterocycles. The van der Waals surface area contributed by atoms with Crippen LogP contribution in [0.25, 0.3) is 10.9 Å². The van der Waals surface area contributed by atoms with Crippen molar-refractivity contribution in [3.05, 3.63) is 35.5 Å². The SMILES string of the molecule is Cn1c(C(C)(C)C(=O)O)cc2cccc(C(F)(F)F)c21. The molecule has 0 aliphatic rings. The second-order valence-corrected chi connectivity index (χ2v) is 5.26. The molecule has 0 fully saturated rings. The summed E-state index contributed by atoms with van der Waals surface area (Å²) < 4.78 is 40.4. The summed E-state index contributed by atoms with van der Waals surface area (Å²) in [6, 6.07) is 5.37. The fraction of sp³-hybridized carbons (Fsp3) is 0.357. The summed E-state index contributed by atoms with van der Waals surface area (Å²) in [5.74, 6) is -1.09. The molecule has 0 aliphatic carbocycles. The monoisotopic (exact) mass is 285 g/mol. The average molecular weight is 285 g/mol. The molecule has 3 nitrogen and oxygen atoms in total. The molecule has 1 aromatic carbocycles. The highest BCUT2D eigenvalue weighted by molar-refractivity contribution is 5.88. The first-order chi connectivity index (χ1) is 9.06. The maximum absolute atomic E-state index is 13.0. The summed E-state index contributed by atoms with van der Waals surface area (Å²) in [6.07, 6.45) is -4.48. The van der Waals surface area contributed by atoms with Crippen LogP contribution in [0, 0.1) is 0 Å². The van der Waals surface area contributed by atoms with Crippen LogP contribution in [0.15, 0.2) is 24.3 Å². The first kappa shape index (κ1) is 14.4. The molecule has 2 aromatic rings. The summed E-state index contributed by atoms with van der Waals surface area (Å²) in [7, 11) is 1.46. The highest BCUT2D eigenvalue weighted by Gasteiger charge is 2.37. The van der Waals surface area contributed by atoms with E-state index >= 15 is 0 Å². The van der Waals surface area contributed by atoms with Crippen LogP contribution in [-0.2, 0) is 23.4 Å². The van der Waals surface area contributed by atoms with E-state index in [1.54, 1.807) is 6.07 Å². The van der Waals surface area contributed by atoms with E-state index in [0.717, 1.165) is 6.07 Å². The lowest BCUT2D eigenvalue weighted by Gasteiger charge is -2.20. The standard InChI is InChI=1S/C14H14F3NO2/c1-13(2,12(19)20)10-7-8-5-4-6-9(14(15,16)17)11(8)18(10)3/h4-7H,1-3H3,(H,19,20). The molecule has 6 heteroatoms. The van der Waals surface area contributed by atoms with Crippen LogP contribution in [0.4, 0.5) is 13.2 Å². The van der Waals surface area contributed by atoms with E-state index in [1.165, 1.54) is 37.6 Å². The third kappa shape index (κ3) is 2.05. The molecule has 108 valence electrons. The number of para-hydroxylation sites is 1. The number of alkyl halides is 3. The Morgan fingerprint density at radius 3 is 2.35 bits per heavy atom. The van der Waals surface area contributed by atoms with Crippen LogP contribution in [0.3, 0.4) is 0 Å². The van der Waals surface area contributed by atoms with Crippen molar-refractivity contribution in [2.24, 2.45) is 7.05 Å². The summed E-state index contributed by atoms with van der Waals surface area (Å²) in [5.41, 5.74) is -1.69. The van der Waals surface area contributed by atoms with Crippen molar-refractivity contribution < 1.29 is 23.1 Å². The topological polar surface area (TPSA) is 42.2 Å². The van der Waals surface area contributed by atoms with Gasteiger partial charge in [-0.05, 0) is 26.0 Å². The van der Waals surface area contributed by atoms with Gasteiger partial charge in [-0.15, -0.1) is 0 Å². The average Bonchev–Trinajstić information content (AvgIpc) is 2.66. The van der Waals surface area contributed by atoms with Crippen molar-refractivity contribution in [2.45, 2.75) is 25.4 Å². The van der Waals surface area contributed by atoms with Gasteiger partial charge in [0.15, 0.2) is 0 Å². The molecule has 0 bridgehead atoms. The zero-order chi connectivity index (χ0) is 15.3. The number of fused-ring (bicyclic) bond motifs is 1. The van der Waals surface area contributed by atoms with Gasteiger partial charge >= 0.3 is 12.1 Å². The number of aryl methyl sites for hydroxylation is 1. The Bertz CT molecular complexity index is 684. The van der Waals surface area contributed by atoms with Gasteiger partial charge in [0, 0.05) is 18.1 Å². The van der Waals surface area contributed by atoms with Gasteiger partial charge in [-0.1, -0.05) is 12.1 Å². The molecule has 1 aromatic heterocycles. The predicted molar refractivity (Wildman–Crippen MR) is 68.6 cm³/mol. The molecule has 1 heterocycles. The van der Waals surface area contributed by atoms with Crippen LogP contribution in [0.2, 0.25) is 0 Å². The molecule has 0 saturated carbocycles. The van der Waals surface area contributed by atoms with E-state index in [4.69, 9.17) is 0 Å². The van der Waals surface area contributed by atoms with Crippen molar-refractivity contribution >= 4 is 16.9 Å². The summed E-state index contributed by atoms with van der Waals surface area (Å²) in [6.45, 7) is 2.94. The Hall–Kier alpha value is -1.98. The third-order valence-corrected chi connectivity index (χ3v) is 3.54. The minimum absolute atomic E-state index is 0.00400. The first-order valence-corrected chi connectivity index (χ1v) is 5.96. The Kier molecular flexibility index (Phi) is 3.07. The number of carbonyl (C=O) groups is 1. The largest absolute Gasteiger partial charge is 0.481 e. The molecule has 1 N–H and O–H groups in total. The van der Waals surface area contributed by atoms with E-state index < -0.39 is 23.1 Å². The van der Waals surface area contributed by atoms with Crippen molar-refractivity contribution in [3.63, 3.8) is 0 Å². The van der Waals surface area contributed by atoms with Gasteiger partial charge in [-0.2, -0.15) is 13.2 Å². The minimum atomic E-state index is -4.48. The molecule has 0 atom stereocenters. The maximum atomic E-state index is 13.0. The molecule has 0 amide bonds. The lowest BCUT2D eigenvalue weighted by Crippen LogP contribution is -2.30. The van der Waals surface area contributed by atoms with Crippen molar-refractivity contribution in [1.82, 2.24) is 4.57 Å². The second kappa shape index (κ2) is 4.26. The van der Waals surface area contributed by atoms with E-state index in [2.05, 4.69) is 0 Å². The highest BCUT2D eigenvalue weighted by atomic mass is 19.4. The maximum Gasteiger partial charge on any atom is 0.418 e. The number of aliphatic carboxylic acids is 1. The highest BCUT2D eigenvalue weighted by Crippen LogP contribution is 2.37. The molecule has 0 spiro atoms. The molecular weight excluding hydrogens is 271 g/mol. The van der Waals surface area contributed by atoms with Crippen LogP contribution in [-0.4, -0.2) is 15.6 Å². The van der Waals surface area contributed by atoms with E-state index in [9.17, 15) is 23.1 Å². The van der Waals surface area contributed by atoms with Crippen LogP contribution in [0.5, 0.6) is 0 Å². The lowest BCUT2D eigenvalue weighted by atomic mass is 9.89. The summed E-state index contributed by atoms with van der Waals surface area (Å²) in [4.78, 5) is 11.3. The number of benzene rings is 1. The molecule has 2 rings (SSSR count). The number of rotatable bonds is 2. The number of aromatic nitrogens is 1. The Balaban J connectivity index is 2.82. The van der Waals surface area contributed by atoms with Crippen LogP contribution >= 0.6 is 0 Å². The smallest absolute Gasteiger partial charge is 0.418 e. The Morgan fingerprint density at radius 1 is 1.25 bits per heavy atom. The van der Waals surface area contributed by atoms with Crippen molar-refractivity contribution in [3.8, 4) is 0 Å². The molecule has 0 unspecified atom stereocenters. The minimum Gasteiger partial charge on any atom is -0.481 e.